The number of pyridine rings is 1. The van der Waals surface area contributed by atoms with Crippen molar-refractivity contribution in [3.63, 3.8) is 0 Å². The highest BCUT2D eigenvalue weighted by Crippen LogP contribution is 2.27. The van der Waals surface area contributed by atoms with E-state index in [2.05, 4.69) is 19.5 Å². The predicted octanol–water partition coefficient (Wildman–Crippen LogP) is 2.05. The van der Waals surface area contributed by atoms with Gasteiger partial charge >= 0.3 is 15.6 Å². The number of alkyl halides is 3. The Kier molecular flexibility index (Phi) is 3.99. The first-order valence-electron chi connectivity index (χ1n) is 6.59. The molecule has 8 nitrogen and oxygen atoms in total. The Morgan fingerprint density at radius 1 is 1.08 bits per heavy atom. The topological polar surface area (TPSA) is 96.2 Å². The minimum atomic E-state index is -5.82. The molecule has 0 atom stereocenters. The molecule has 0 bridgehead atoms. The van der Waals surface area contributed by atoms with Gasteiger partial charge in [-0.25, -0.2) is 0 Å². The number of fused-ring (bicyclic) bond motifs is 1. The van der Waals surface area contributed by atoms with Crippen LogP contribution < -0.4 is 8.92 Å². The number of rotatable bonds is 4. The number of hydrogen-bond donors (Lipinski definition) is 0. The Balaban J connectivity index is 2.02. The van der Waals surface area contributed by atoms with Crippen LogP contribution in [-0.4, -0.2) is 41.0 Å². The van der Waals surface area contributed by atoms with Crippen molar-refractivity contribution in [3.8, 4) is 17.3 Å². The summed E-state index contributed by atoms with van der Waals surface area (Å²) in [5.74, 6) is -0.164. The number of ether oxygens (including phenoxy) is 1. The summed E-state index contributed by atoms with van der Waals surface area (Å²) in [7, 11) is -4.33. The number of nitrogens with zero attached hydrogens (tertiary/aromatic N) is 4. The lowest BCUT2D eigenvalue weighted by Crippen LogP contribution is -2.28. The molecule has 0 aliphatic rings. The fourth-order valence-corrected chi connectivity index (χ4v) is 2.31. The first-order chi connectivity index (χ1) is 11.7. The molecule has 0 unspecified atom stereocenters. The van der Waals surface area contributed by atoms with Gasteiger partial charge in [-0.2, -0.15) is 31.3 Å². The largest absolute Gasteiger partial charge is 0.534 e. The van der Waals surface area contributed by atoms with Crippen LogP contribution in [0.1, 0.15) is 0 Å². The number of benzene rings is 1. The fraction of sp³-hybridized carbons (Fsp3) is 0.154. The molecular weight excluding hydrogens is 365 g/mol. The molecule has 0 aliphatic carbocycles. The van der Waals surface area contributed by atoms with E-state index < -0.39 is 21.5 Å². The average Bonchev–Trinajstić information content (AvgIpc) is 2.96. The summed E-state index contributed by atoms with van der Waals surface area (Å²) in [6, 6.07) is 8.72. The monoisotopic (exact) mass is 374 g/mol. The zero-order chi connectivity index (χ0) is 18.2. The van der Waals surface area contributed by atoms with Gasteiger partial charge in [0.2, 0.25) is 5.88 Å². The molecule has 25 heavy (non-hydrogen) atoms. The predicted molar refractivity (Wildman–Crippen MR) is 78.8 cm³/mol. The molecule has 2 aromatic heterocycles. The van der Waals surface area contributed by atoms with Crippen molar-refractivity contribution < 1.29 is 30.5 Å². The first kappa shape index (κ1) is 17.0. The Morgan fingerprint density at radius 3 is 2.36 bits per heavy atom. The smallest absolute Gasteiger partial charge is 0.497 e. The van der Waals surface area contributed by atoms with E-state index in [1.165, 1.54) is 17.9 Å². The van der Waals surface area contributed by atoms with Crippen LogP contribution >= 0.6 is 0 Å². The number of aromatic nitrogens is 4. The molecule has 3 rings (SSSR count). The van der Waals surface area contributed by atoms with Gasteiger partial charge in [-0.15, -0.1) is 5.10 Å². The number of halogens is 3. The van der Waals surface area contributed by atoms with E-state index in [0.29, 0.717) is 11.4 Å². The zero-order valence-corrected chi connectivity index (χ0v) is 13.2. The standard InChI is InChI=1S/C13H9F3N4O4S/c1-23-9-4-2-8(3-5-9)20-12-10(18-19-20)6-7-11(17-12)24-25(21,22)13(14,15)16/h2-7H,1H3. The van der Waals surface area contributed by atoms with E-state index >= 15 is 0 Å². The van der Waals surface area contributed by atoms with Crippen LogP contribution in [0.15, 0.2) is 36.4 Å². The van der Waals surface area contributed by atoms with Crippen molar-refractivity contribution in [1.29, 1.82) is 0 Å². The third-order valence-electron chi connectivity index (χ3n) is 3.07. The Hall–Kier alpha value is -2.89. The summed E-state index contributed by atoms with van der Waals surface area (Å²) in [5.41, 5.74) is -4.79. The van der Waals surface area contributed by atoms with Crippen molar-refractivity contribution in [2.24, 2.45) is 0 Å². The molecule has 0 amide bonds. The third-order valence-corrected chi connectivity index (χ3v) is 4.02. The van der Waals surface area contributed by atoms with Gasteiger partial charge in [-0.3, -0.25) is 0 Å². The molecule has 1 aromatic carbocycles. The fourth-order valence-electron chi connectivity index (χ4n) is 1.90. The molecule has 0 saturated heterocycles. The van der Waals surface area contributed by atoms with Gasteiger partial charge in [0.15, 0.2) is 5.65 Å². The van der Waals surface area contributed by atoms with Crippen LogP contribution in [-0.2, 0) is 10.1 Å². The van der Waals surface area contributed by atoms with Crippen LogP contribution in [0.25, 0.3) is 16.9 Å². The molecule has 0 radical (unpaired) electrons. The first-order valence-corrected chi connectivity index (χ1v) is 8.00. The normalized spacial score (nSPS) is 12.3. The summed E-state index contributed by atoms with van der Waals surface area (Å²) in [6.45, 7) is 0. The quantitative estimate of drug-likeness (QED) is 0.509. The lowest BCUT2D eigenvalue weighted by Gasteiger charge is -2.08. The van der Waals surface area contributed by atoms with Crippen LogP contribution in [0.3, 0.4) is 0 Å². The second-order valence-electron chi connectivity index (χ2n) is 4.67. The second-order valence-corrected chi connectivity index (χ2v) is 6.21. The van der Waals surface area contributed by atoms with Gasteiger partial charge in [0.25, 0.3) is 0 Å². The zero-order valence-electron chi connectivity index (χ0n) is 12.4. The van der Waals surface area contributed by atoms with Crippen molar-refractivity contribution in [1.82, 2.24) is 20.0 Å². The molecule has 0 N–H and O–H groups in total. The Labute approximate surface area is 138 Å². The van der Waals surface area contributed by atoms with E-state index in [9.17, 15) is 21.6 Å². The molecule has 0 spiro atoms. The van der Waals surface area contributed by atoms with Crippen LogP contribution in [0.2, 0.25) is 0 Å². The Morgan fingerprint density at radius 2 is 1.76 bits per heavy atom. The van der Waals surface area contributed by atoms with Gasteiger partial charge in [0.05, 0.1) is 12.8 Å². The summed E-state index contributed by atoms with van der Waals surface area (Å²) >= 11 is 0. The second kappa shape index (κ2) is 5.88. The van der Waals surface area contributed by atoms with Crippen molar-refractivity contribution in [2.75, 3.05) is 7.11 Å². The highest BCUT2D eigenvalue weighted by molar-refractivity contribution is 7.87. The van der Waals surface area contributed by atoms with E-state index in [-0.39, 0.29) is 11.2 Å². The van der Waals surface area contributed by atoms with E-state index in [4.69, 9.17) is 4.74 Å². The highest BCUT2D eigenvalue weighted by atomic mass is 32.2. The van der Waals surface area contributed by atoms with Gasteiger partial charge in [-0.05, 0) is 30.3 Å². The van der Waals surface area contributed by atoms with E-state index in [1.54, 1.807) is 24.3 Å². The maximum absolute atomic E-state index is 12.4. The number of hydrogen-bond acceptors (Lipinski definition) is 7. The third kappa shape index (κ3) is 3.20. The molecule has 2 heterocycles. The molecule has 0 aliphatic heterocycles. The maximum Gasteiger partial charge on any atom is 0.534 e. The highest BCUT2D eigenvalue weighted by Gasteiger charge is 2.48. The SMILES string of the molecule is COc1ccc(-n2nnc3ccc(OS(=O)(=O)C(F)(F)F)nc32)cc1. The van der Waals surface area contributed by atoms with Crippen molar-refractivity contribution in [3.05, 3.63) is 36.4 Å². The van der Waals surface area contributed by atoms with Gasteiger partial charge < -0.3 is 8.92 Å². The van der Waals surface area contributed by atoms with Gasteiger partial charge in [0, 0.05) is 6.07 Å². The molecule has 0 fully saturated rings. The van der Waals surface area contributed by atoms with Crippen molar-refractivity contribution in [2.45, 2.75) is 5.51 Å². The molecule has 132 valence electrons. The minimum absolute atomic E-state index is 0.0278. The summed E-state index contributed by atoms with van der Waals surface area (Å²) in [6.07, 6.45) is 0. The summed E-state index contributed by atoms with van der Waals surface area (Å²) in [4.78, 5) is 3.76. The van der Waals surface area contributed by atoms with Crippen LogP contribution in [0, 0.1) is 0 Å². The summed E-state index contributed by atoms with van der Waals surface area (Å²) in [5, 5.41) is 7.66. The van der Waals surface area contributed by atoms with Crippen LogP contribution in [0.4, 0.5) is 13.2 Å². The summed E-state index contributed by atoms with van der Waals surface area (Å²) < 4.78 is 69.7. The lowest BCUT2D eigenvalue weighted by atomic mass is 10.3. The molecule has 12 heteroatoms. The Bertz CT molecular complexity index is 1020. The van der Waals surface area contributed by atoms with Crippen molar-refractivity contribution >= 4 is 21.3 Å². The average molecular weight is 374 g/mol. The molecular formula is C13H9F3N4O4S. The van der Waals surface area contributed by atoms with Crippen LogP contribution in [0.5, 0.6) is 11.6 Å². The number of methoxy groups -OCH3 is 1. The van der Waals surface area contributed by atoms with E-state index in [1.807, 2.05) is 0 Å². The van der Waals surface area contributed by atoms with E-state index in [0.717, 1.165) is 6.07 Å². The van der Waals surface area contributed by atoms with Gasteiger partial charge in [0.1, 0.15) is 11.3 Å². The maximum atomic E-state index is 12.4. The minimum Gasteiger partial charge on any atom is -0.497 e. The van der Waals surface area contributed by atoms with Gasteiger partial charge in [-0.1, -0.05) is 5.21 Å². The lowest BCUT2D eigenvalue weighted by molar-refractivity contribution is -0.0501. The molecule has 3 aromatic rings. The molecule has 0 saturated carbocycles.